The van der Waals surface area contributed by atoms with E-state index in [-0.39, 0.29) is 11.4 Å². The molecule has 1 aliphatic rings. The second kappa shape index (κ2) is 6.06. The number of hydrogen-bond acceptors (Lipinski definition) is 7. The van der Waals surface area contributed by atoms with Gasteiger partial charge in [-0.2, -0.15) is 0 Å². The maximum Gasteiger partial charge on any atom is 0.321 e. The Hall–Kier alpha value is -2.55. The number of rotatable bonds is 4. The summed E-state index contributed by atoms with van der Waals surface area (Å²) in [5.41, 5.74) is -0.234. The molecule has 0 atom stereocenters. The van der Waals surface area contributed by atoms with Crippen molar-refractivity contribution in [2.24, 2.45) is 5.16 Å². The fraction of sp³-hybridized carbons (Fsp3) is 0.364. The molecule has 1 aromatic rings. The second-order valence-corrected chi connectivity index (χ2v) is 4.07. The number of nitro benzene ring substituents is 2. The Morgan fingerprint density at radius 1 is 1.25 bits per heavy atom. The fourth-order valence-corrected chi connectivity index (χ4v) is 1.67. The van der Waals surface area contributed by atoms with Crippen molar-refractivity contribution in [2.45, 2.75) is 12.8 Å². The Kier molecular flexibility index (Phi) is 4.20. The normalized spacial score (nSPS) is 16.9. The van der Waals surface area contributed by atoms with Crippen molar-refractivity contribution in [3.05, 3.63) is 38.4 Å². The number of non-ortho nitro benzene ring substituents is 1. The third-order valence-electron chi connectivity index (χ3n) is 2.65. The molecule has 1 saturated heterocycles. The van der Waals surface area contributed by atoms with Crippen molar-refractivity contribution in [3.63, 3.8) is 0 Å². The van der Waals surface area contributed by atoms with Crippen molar-refractivity contribution < 1.29 is 19.4 Å². The van der Waals surface area contributed by atoms with E-state index >= 15 is 0 Å². The molecular weight excluding hydrogens is 270 g/mol. The maximum absolute atomic E-state index is 10.9. The van der Waals surface area contributed by atoms with Crippen LogP contribution in [0.15, 0.2) is 23.4 Å². The third-order valence-corrected chi connectivity index (χ3v) is 2.65. The first-order chi connectivity index (χ1) is 9.58. The number of nitro groups is 2. The highest BCUT2D eigenvalue weighted by atomic mass is 16.7. The average Bonchev–Trinajstić information content (AvgIpc) is 2.45. The molecule has 0 aromatic heterocycles. The van der Waals surface area contributed by atoms with E-state index in [0.717, 1.165) is 24.6 Å². The Balaban J connectivity index is 2.22. The quantitative estimate of drug-likeness (QED) is 0.615. The van der Waals surface area contributed by atoms with Crippen LogP contribution in [0.4, 0.5) is 11.4 Å². The molecule has 0 saturated carbocycles. The Morgan fingerprint density at radius 3 is 2.65 bits per heavy atom. The Labute approximate surface area is 113 Å². The molecule has 1 fully saturated rings. The SMILES string of the molecule is O=[N+]([O-])c1ccc(O/N=C2/CCCOC2)c([N+](=O)[O-])c1. The summed E-state index contributed by atoms with van der Waals surface area (Å²) < 4.78 is 5.16. The van der Waals surface area contributed by atoms with Gasteiger partial charge in [-0.3, -0.25) is 20.2 Å². The van der Waals surface area contributed by atoms with E-state index in [1.54, 1.807) is 0 Å². The molecule has 0 radical (unpaired) electrons. The van der Waals surface area contributed by atoms with Gasteiger partial charge in [0.1, 0.15) is 0 Å². The maximum atomic E-state index is 10.9. The van der Waals surface area contributed by atoms with Crippen LogP contribution in [0.25, 0.3) is 0 Å². The smallest absolute Gasteiger partial charge is 0.321 e. The predicted molar refractivity (Wildman–Crippen MR) is 67.9 cm³/mol. The van der Waals surface area contributed by atoms with Gasteiger partial charge in [0.15, 0.2) is 0 Å². The van der Waals surface area contributed by atoms with Crippen LogP contribution in [0.1, 0.15) is 12.8 Å². The summed E-state index contributed by atoms with van der Waals surface area (Å²) >= 11 is 0. The highest BCUT2D eigenvalue weighted by Crippen LogP contribution is 2.31. The molecule has 0 amide bonds. The number of benzene rings is 1. The summed E-state index contributed by atoms with van der Waals surface area (Å²) in [4.78, 5) is 25.0. The highest BCUT2D eigenvalue weighted by Gasteiger charge is 2.21. The van der Waals surface area contributed by atoms with Crippen molar-refractivity contribution in [2.75, 3.05) is 13.2 Å². The van der Waals surface area contributed by atoms with Gasteiger partial charge < -0.3 is 9.57 Å². The molecule has 9 heteroatoms. The van der Waals surface area contributed by atoms with E-state index in [9.17, 15) is 20.2 Å². The van der Waals surface area contributed by atoms with Gasteiger partial charge in [-0.1, -0.05) is 5.16 Å². The minimum absolute atomic E-state index is 0.140. The zero-order chi connectivity index (χ0) is 14.5. The number of hydrogen-bond donors (Lipinski definition) is 0. The molecule has 0 unspecified atom stereocenters. The lowest BCUT2D eigenvalue weighted by Crippen LogP contribution is -2.17. The van der Waals surface area contributed by atoms with E-state index in [2.05, 4.69) is 5.16 Å². The lowest BCUT2D eigenvalue weighted by molar-refractivity contribution is -0.394. The van der Waals surface area contributed by atoms with Crippen molar-refractivity contribution >= 4 is 17.1 Å². The fourth-order valence-electron chi connectivity index (χ4n) is 1.67. The first-order valence-corrected chi connectivity index (χ1v) is 5.81. The molecule has 0 N–H and O–H groups in total. The van der Waals surface area contributed by atoms with Crippen LogP contribution >= 0.6 is 0 Å². The minimum atomic E-state index is -0.750. The minimum Gasteiger partial charge on any atom is -0.375 e. The first-order valence-electron chi connectivity index (χ1n) is 5.81. The second-order valence-electron chi connectivity index (χ2n) is 4.07. The van der Waals surface area contributed by atoms with E-state index < -0.39 is 15.5 Å². The van der Waals surface area contributed by atoms with Crippen LogP contribution in [-0.2, 0) is 4.74 Å². The lowest BCUT2D eigenvalue weighted by Gasteiger charge is -2.12. The molecule has 2 rings (SSSR count). The summed E-state index contributed by atoms with van der Waals surface area (Å²) in [7, 11) is 0. The molecular formula is C11H11N3O6. The van der Waals surface area contributed by atoms with E-state index in [0.29, 0.717) is 25.3 Å². The van der Waals surface area contributed by atoms with Crippen LogP contribution < -0.4 is 4.84 Å². The molecule has 106 valence electrons. The van der Waals surface area contributed by atoms with Crippen molar-refractivity contribution in [1.29, 1.82) is 0 Å². The van der Waals surface area contributed by atoms with Crippen molar-refractivity contribution in [1.82, 2.24) is 0 Å². The van der Waals surface area contributed by atoms with Crippen LogP contribution in [0.5, 0.6) is 5.75 Å². The van der Waals surface area contributed by atoms with E-state index in [1.807, 2.05) is 0 Å². The molecule has 1 heterocycles. The highest BCUT2D eigenvalue weighted by molar-refractivity contribution is 5.85. The third kappa shape index (κ3) is 3.26. The van der Waals surface area contributed by atoms with Gasteiger partial charge in [0, 0.05) is 12.7 Å². The zero-order valence-corrected chi connectivity index (χ0v) is 10.4. The largest absolute Gasteiger partial charge is 0.375 e. The summed E-state index contributed by atoms with van der Waals surface area (Å²) in [6.07, 6.45) is 1.51. The number of nitrogens with zero attached hydrogens (tertiary/aromatic N) is 3. The molecule has 0 spiro atoms. The molecule has 20 heavy (non-hydrogen) atoms. The lowest BCUT2D eigenvalue weighted by atomic mass is 10.2. The number of oxime groups is 1. The van der Waals surface area contributed by atoms with Gasteiger partial charge in [-0.05, 0) is 18.9 Å². The first kappa shape index (κ1) is 13.9. The predicted octanol–water partition coefficient (Wildman–Crippen LogP) is 2.05. The molecule has 1 aromatic carbocycles. The zero-order valence-electron chi connectivity index (χ0n) is 10.4. The van der Waals surface area contributed by atoms with E-state index in [4.69, 9.17) is 9.57 Å². The molecule has 0 aliphatic carbocycles. The average molecular weight is 281 g/mol. The van der Waals surface area contributed by atoms with Gasteiger partial charge in [-0.15, -0.1) is 0 Å². The summed E-state index contributed by atoms with van der Waals surface area (Å²) in [5, 5.41) is 25.3. The van der Waals surface area contributed by atoms with Gasteiger partial charge >= 0.3 is 5.69 Å². The van der Waals surface area contributed by atoms with Crippen LogP contribution in [0.3, 0.4) is 0 Å². The van der Waals surface area contributed by atoms with Gasteiger partial charge in [0.2, 0.25) is 5.75 Å². The summed E-state index contributed by atoms with van der Waals surface area (Å²) in [6.45, 7) is 0.970. The van der Waals surface area contributed by atoms with Crippen LogP contribution in [-0.4, -0.2) is 28.8 Å². The van der Waals surface area contributed by atoms with Crippen LogP contribution in [0, 0.1) is 20.2 Å². The molecule has 0 bridgehead atoms. The standard InChI is InChI=1S/C11H11N3O6/c15-13(16)9-3-4-11(10(6-9)14(17)18)20-12-8-2-1-5-19-7-8/h3-4,6H,1-2,5,7H2/b12-8-. The number of ether oxygens (including phenoxy) is 1. The van der Waals surface area contributed by atoms with E-state index in [1.165, 1.54) is 0 Å². The topological polar surface area (TPSA) is 117 Å². The molecule has 9 nitrogen and oxygen atoms in total. The van der Waals surface area contributed by atoms with Gasteiger partial charge in [-0.25, -0.2) is 0 Å². The van der Waals surface area contributed by atoms with Crippen molar-refractivity contribution in [3.8, 4) is 5.75 Å². The van der Waals surface area contributed by atoms with Gasteiger partial charge in [0.25, 0.3) is 5.69 Å². The Morgan fingerprint density at radius 2 is 2.05 bits per heavy atom. The van der Waals surface area contributed by atoms with Gasteiger partial charge in [0.05, 0.1) is 28.2 Å². The molecule has 1 aliphatic heterocycles. The summed E-state index contributed by atoms with van der Waals surface area (Å²) in [6, 6.07) is 3.12. The van der Waals surface area contributed by atoms with Crippen LogP contribution in [0.2, 0.25) is 0 Å². The Bertz CT molecular complexity index is 563. The summed E-state index contributed by atoms with van der Waals surface area (Å²) in [5.74, 6) is -0.140. The monoisotopic (exact) mass is 281 g/mol.